The number of hydrogen-bond acceptors (Lipinski definition) is 3. The normalized spacial score (nSPS) is 29.6. The van der Waals surface area contributed by atoms with Crippen molar-refractivity contribution in [3.05, 3.63) is 70.8 Å². The molecular weight excluding hydrogens is 310 g/mol. The molecular formula is C22H27NO2. The molecule has 0 radical (unpaired) electrons. The molecule has 2 aliphatic heterocycles. The van der Waals surface area contributed by atoms with Crippen LogP contribution in [0.25, 0.3) is 0 Å². The van der Waals surface area contributed by atoms with Crippen LogP contribution in [0.2, 0.25) is 0 Å². The van der Waals surface area contributed by atoms with Crippen LogP contribution in [-0.4, -0.2) is 22.2 Å². The van der Waals surface area contributed by atoms with E-state index < -0.39 is 5.60 Å². The zero-order chi connectivity index (χ0) is 17.4. The van der Waals surface area contributed by atoms with Gasteiger partial charge in [-0.3, -0.25) is 4.90 Å². The van der Waals surface area contributed by atoms with Gasteiger partial charge in [-0.05, 0) is 36.1 Å². The van der Waals surface area contributed by atoms with Crippen molar-refractivity contribution in [3.63, 3.8) is 0 Å². The van der Waals surface area contributed by atoms with Crippen LogP contribution in [0.1, 0.15) is 48.9 Å². The minimum atomic E-state index is -0.765. The molecule has 1 N–H and O–H groups in total. The average Bonchev–Trinajstić information content (AvgIpc) is 2.95. The van der Waals surface area contributed by atoms with Crippen molar-refractivity contribution in [2.24, 2.45) is 0 Å². The van der Waals surface area contributed by atoms with Crippen LogP contribution in [0.15, 0.2) is 48.5 Å². The monoisotopic (exact) mass is 337 g/mol. The highest BCUT2D eigenvalue weighted by molar-refractivity contribution is 5.38. The van der Waals surface area contributed by atoms with Crippen LogP contribution in [0.4, 0.5) is 0 Å². The second-order valence-electron chi connectivity index (χ2n) is 7.81. The Morgan fingerprint density at radius 2 is 1.68 bits per heavy atom. The summed E-state index contributed by atoms with van der Waals surface area (Å²) in [6.07, 6.45) is 1.53. The number of rotatable bonds is 3. The van der Waals surface area contributed by atoms with E-state index in [0.717, 1.165) is 25.2 Å². The van der Waals surface area contributed by atoms with Crippen molar-refractivity contribution < 1.29 is 9.84 Å². The quantitative estimate of drug-likeness (QED) is 0.920. The summed E-state index contributed by atoms with van der Waals surface area (Å²) in [4.78, 5) is 2.46. The van der Waals surface area contributed by atoms with Gasteiger partial charge in [-0.15, -0.1) is 0 Å². The summed E-state index contributed by atoms with van der Waals surface area (Å²) in [5, 5.41) is 11.2. The number of nitrogens with zero attached hydrogens (tertiary/aromatic N) is 1. The van der Waals surface area contributed by atoms with E-state index >= 15 is 0 Å². The van der Waals surface area contributed by atoms with Crippen LogP contribution in [0.3, 0.4) is 0 Å². The Kier molecular flexibility index (Phi) is 4.40. The summed E-state index contributed by atoms with van der Waals surface area (Å²) in [7, 11) is 0. The number of ether oxygens (including phenoxy) is 1. The molecule has 0 amide bonds. The molecule has 2 aromatic rings. The van der Waals surface area contributed by atoms with Gasteiger partial charge in [0.15, 0.2) is 0 Å². The molecule has 2 heterocycles. The third-order valence-electron chi connectivity index (χ3n) is 5.50. The maximum Gasteiger partial charge on any atom is 0.0945 e. The Morgan fingerprint density at radius 1 is 1.00 bits per heavy atom. The minimum absolute atomic E-state index is 0.0941. The number of aliphatic hydroxyl groups is 1. The molecule has 3 heteroatoms. The molecule has 0 aliphatic carbocycles. The van der Waals surface area contributed by atoms with Crippen molar-refractivity contribution in [3.8, 4) is 0 Å². The van der Waals surface area contributed by atoms with Gasteiger partial charge in [0.2, 0.25) is 0 Å². The second-order valence-corrected chi connectivity index (χ2v) is 7.81. The van der Waals surface area contributed by atoms with Crippen molar-refractivity contribution in [1.29, 1.82) is 0 Å². The summed E-state index contributed by atoms with van der Waals surface area (Å²) in [5.74, 6) is 0. The van der Waals surface area contributed by atoms with Gasteiger partial charge >= 0.3 is 0 Å². The third kappa shape index (κ3) is 3.50. The van der Waals surface area contributed by atoms with Crippen molar-refractivity contribution in [1.82, 2.24) is 4.90 Å². The van der Waals surface area contributed by atoms with E-state index in [1.807, 2.05) is 0 Å². The van der Waals surface area contributed by atoms with E-state index in [-0.39, 0.29) is 12.2 Å². The maximum atomic E-state index is 11.2. The van der Waals surface area contributed by atoms with E-state index in [9.17, 15) is 5.11 Å². The van der Waals surface area contributed by atoms with Crippen LogP contribution in [-0.2, 0) is 30.0 Å². The summed E-state index contributed by atoms with van der Waals surface area (Å²) in [6, 6.07) is 17.2. The highest BCUT2D eigenvalue weighted by Crippen LogP contribution is 2.39. The molecule has 3 nitrogen and oxygen atoms in total. The highest BCUT2D eigenvalue weighted by atomic mass is 16.5. The average molecular weight is 337 g/mol. The molecule has 2 aliphatic rings. The molecule has 1 unspecified atom stereocenters. The standard InChI is InChI=1S/C22H27NO2/c1-16-11-22(24,12-17(2)25-16)21-9-8-19-14-23(15-20(19)10-21)13-18-6-4-3-5-7-18/h3-10,16-17,24H,11-15H2,1-2H3/t16-,17+,22?. The predicted molar refractivity (Wildman–Crippen MR) is 99.0 cm³/mol. The molecule has 0 bridgehead atoms. The third-order valence-corrected chi connectivity index (χ3v) is 5.50. The Bertz CT molecular complexity index is 733. The first kappa shape index (κ1) is 16.8. The molecule has 0 aromatic heterocycles. The van der Waals surface area contributed by atoms with Gasteiger partial charge in [0.25, 0.3) is 0 Å². The van der Waals surface area contributed by atoms with Crippen molar-refractivity contribution in [2.45, 2.75) is 64.1 Å². The summed E-state index contributed by atoms with van der Waals surface area (Å²) >= 11 is 0. The van der Waals surface area contributed by atoms with E-state index in [4.69, 9.17) is 4.74 Å². The number of hydrogen-bond donors (Lipinski definition) is 1. The van der Waals surface area contributed by atoms with Crippen LogP contribution < -0.4 is 0 Å². The first-order valence-electron chi connectivity index (χ1n) is 9.28. The predicted octanol–water partition coefficient (Wildman–Crippen LogP) is 3.98. The van der Waals surface area contributed by atoms with Gasteiger partial charge in [-0.2, -0.15) is 0 Å². The van der Waals surface area contributed by atoms with E-state index in [1.54, 1.807) is 0 Å². The number of benzene rings is 2. The maximum absolute atomic E-state index is 11.2. The molecule has 132 valence electrons. The van der Waals surface area contributed by atoms with Crippen LogP contribution in [0.5, 0.6) is 0 Å². The topological polar surface area (TPSA) is 32.7 Å². The second kappa shape index (κ2) is 6.56. The Balaban J connectivity index is 1.52. The van der Waals surface area contributed by atoms with E-state index in [2.05, 4.69) is 67.3 Å². The van der Waals surface area contributed by atoms with Gasteiger partial charge < -0.3 is 9.84 Å². The smallest absolute Gasteiger partial charge is 0.0945 e. The van der Waals surface area contributed by atoms with Crippen molar-refractivity contribution in [2.75, 3.05) is 0 Å². The van der Waals surface area contributed by atoms with Crippen LogP contribution in [0, 0.1) is 0 Å². The fourth-order valence-electron chi connectivity index (χ4n) is 4.47. The van der Waals surface area contributed by atoms with E-state index in [0.29, 0.717) is 12.8 Å². The van der Waals surface area contributed by atoms with Gasteiger partial charge in [-0.1, -0.05) is 48.5 Å². The summed E-state index contributed by atoms with van der Waals surface area (Å²) in [6.45, 7) is 7.01. The lowest BCUT2D eigenvalue weighted by Crippen LogP contribution is -2.41. The first-order chi connectivity index (χ1) is 12.0. The zero-order valence-electron chi connectivity index (χ0n) is 15.1. The first-order valence-corrected chi connectivity index (χ1v) is 9.28. The summed E-state index contributed by atoms with van der Waals surface area (Å²) in [5.41, 5.74) is 4.38. The number of fused-ring (bicyclic) bond motifs is 1. The molecule has 25 heavy (non-hydrogen) atoms. The molecule has 3 atom stereocenters. The van der Waals surface area contributed by atoms with Gasteiger partial charge in [0, 0.05) is 32.5 Å². The van der Waals surface area contributed by atoms with Crippen molar-refractivity contribution >= 4 is 0 Å². The zero-order valence-corrected chi connectivity index (χ0v) is 15.1. The lowest BCUT2D eigenvalue weighted by molar-refractivity contribution is -0.135. The molecule has 0 saturated carbocycles. The molecule has 1 saturated heterocycles. The SMILES string of the molecule is C[C@@H]1CC(O)(c2ccc3c(c2)CN(Cc2ccccc2)C3)C[C@H](C)O1. The fraction of sp³-hybridized carbons (Fsp3) is 0.455. The summed E-state index contributed by atoms with van der Waals surface area (Å²) < 4.78 is 5.81. The Morgan fingerprint density at radius 3 is 2.40 bits per heavy atom. The molecule has 1 fully saturated rings. The molecule has 2 aromatic carbocycles. The fourth-order valence-corrected chi connectivity index (χ4v) is 4.47. The lowest BCUT2D eigenvalue weighted by Gasteiger charge is -2.39. The largest absolute Gasteiger partial charge is 0.385 e. The Labute approximate surface area is 150 Å². The molecule has 0 spiro atoms. The highest BCUT2D eigenvalue weighted by Gasteiger charge is 2.38. The minimum Gasteiger partial charge on any atom is -0.385 e. The Hall–Kier alpha value is -1.68. The van der Waals surface area contributed by atoms with Gasteiger partial charge in [-0.25, -0.2) is 0 Å². The van der Waals surface area contributed by atoms with E-state index in [1.165, 1.54) is 16.7 Å². The van der Waals surface area contributed by atoms with Gasteiger partial charge in [0.05, 0.1) is 17.8 Å². The molecule has 4 rings (SSSR count). The van der Waals surface area contributed by atoms with Gasteiger partial charge in [0.1, 0.15) is 0 Å². The van der Waals surface area contributed by atoms with Crippen LogP contribution >= 0.6 is 0 Å². The lowest BCUT2D eigenvalue weighted by atomic mass is 9.81.